The summed E-state index contributed by atoms with van der Waals surface area (Å²) in [6, 6.07) is 6.85. The summed E-state index contributed by atoms with van der Waals surface area (Å²) in [6.45, 7) is 8.82. The summed E-state index contributed by atoms with van der Waals surface area (Å²) < 4.78 is 23.5. The first-order valence-corrected chi connectivity index (χ1v) is 12.7. The number of benzene rings is 1. The molecule has 1 saturated heterocycles. The van der Waals surface area contributed by atoms with Crippen LogP contribution in [0.2, 0.25) is 25.7 Å². The molecule has 0 bridgehead atoms. The van der Waals surface area contributed by atoms with Crippen molar-refractivity contribution in [2.45, 2.75) is 51.2 Å². The lowest BCUT2D eigenvalue weighted by Crippen LogP contribution is -2.24. The second-order valence-corrected chi connectivity index (χ2v) is 13.5. The SMILES string of the molecule is C[Si](C)(C)CCOCOc1ccc(OC2CCCCO2)cc1Br. The van der Waals surface area contributed by atoms with Gasteiger partial charge in [0.1, 0.15) is 11.5 Å². The summed E-state index contributed by atoms with van der Waals surface area (Å²) in [5.74, 6) is 1.55. The van der Waals surface area contributed by atoms with Crippen molar-refractivity contribution in [3.8, 4) is 11.5 Å². The summed E-state index contributed by atoms with van der Waals surface area (Å²) >= 11 is 3.52. The minimum Gasteiger partial charge on any atom is -0.466 e. The third kappa shape index (κ3) is 7.24. The van der Waals surface area contributed by atoms with Crippen molar-refractivity contribution in [1.82, 2.24) is 0 Å². The highest BCUT2D eigenvalue weighted by Gasteiger charge is 2.16. The van der Waals surface area contributed by atoms with E-state index in [1.54, 1.807) is 0 Å². The maximum Gasteiger partial charge on any atom is 0.199 e. The summed E-state index contributed by atoms with van der Waals surface area (Å²) in [4.78, 5) is 0. The second kappa shape index (κ2) is 9.06. The number of hydrogen-bond donors (Lipinski definition) is 0. The van der Waals surface area contributed by atoms with Crippen molar-refractivity contribution in [2.75, 3.05) is 20.0 Å². The van der Waals surface area contributed by atoms with Gasteiger partial charge in [0.2, 0.25) is 0 Å². The van der Waals surface area contributed by atoms with Crippen LogP contribution in [0.5, 0.6) is 11.5 Å². The Kier molecular flexibility index (Phi) is 7.39. The Hall–Kier alpha value is -0.563. The third-order valence-corrected chi connectivity index (χ3v) is 5.93. The summed E-state index contributed by atoms with van der Waals surface area (Å²) in [5, 5.41) is 0. The van der Waals surface area contributed by atoms with Crippen LogP contribution in [-0.4, -0.2) is 34.4 Å². The molecule has 0 spiro atoms. The molecule has 4 nitrogen and oxygen atoms in total. The monoisotopic (exact) mass is 402 g/mol. The molecule has 1 aliphatic heterocycles. The van der Waals surface area contributed by atoms with E-state index in [1.807, 2.05) is 18.2 Å². The molecule has 1 heterocycles. The molecule has 1 unspecified atom stereocenters. The van der Waals surface area contributed by atoms with Crippen LogP contribution in [0, 0.1) is 0 Å². The first-order chi connectivity index (χ1) is 10.9. The number of rotatable bonds is 8. The molecule has 0 amide bonds. The Morgan fingerprint density at radius 1 is 1.26 bits per heavy atom. The molecule has 0 aromatic heterocycles. The van der Waals surface area contributed by atoms with Crippen molar-refractivity contribution in [2.24, 2.45) is 0 Å². The van der Waals surface area contributed by atoms with Crippen molar-refractivity contribution in [1.29, 1.82) is 0 Å². The first-order valence-electron chi connectivity index (χ1n) is 8.22. The zero-order valence-corrected chi connectivity index (χ0v) is 16.9. The van der Waals surface area contributed by atoms with Crippen molar-refractivity contribution >= 4 is 24.0 Å². The van der Waals surface area contributed by atoms with E-state index in [1.165, 1.54) is 0 Å². The molecular formula is C17H27BrO4Si. The van der Waals surface area contributed by atoms with E-state index in [2.05, 4.69) is 35.6 Å². The number of ether oxygens (including phenoxy) is 4. The molecular weight excluding hydrogens is 376 g/mol. The van der Waals surface area contributed by atoms with E-state index >= 15 is 0 Å². The highest BCUT2D eigenvalue weighted by molar-refractivity contribution is 9.10. The van der Waals surface area contributed by atoms with E-state index in [4.69, 9.17) is 18.9 Å². The van der Waals surface area contributed by atoms with Crippen LogP contribution in [-0.2, 0) is 9.47 Å². The lowest BCUT2D eigenvalue weighted by atomic mass is 10.2. The van der Waals surface area contributed by atoms with Crippen LogP contribution in [0.1, 0.15) is 19.3 Å². The predicted molar refractivity (Wildman–Crippen MR) is 98.0 cm³/mol. The largest absolute Gasteiger partial charge is 0.466 e. The molecule has 1 fully saturated rings. The molecule has 1 atom stereocenters. The average molecular weight is 403 g/mol. The van der Waals surface area contributed by atoms with Crippen LogP contribution in [0.3, 0.4) is 0 Å². The standard InChI is InChI=1S/C17H27BrO4Si/c1-23(2,3)11-10-19-13-21-16-8-7-14(12-15(16)18)22-17-6-4-5-9-20-17/h7-8,12,17H,4-6,9-11,13H2,1-3H3. The molecule has 130 valence electrons. The molecule has 0 aliphatic carbocycles. The van der Waals surface area contributed by atoms with Gasteiger partial charge in [-0.3, -0.25) is 0 Å². The molecule has 1 aliphatic rings. The van der Waals surface area contributed by atoms with Crippen LogP contribution in [0.25, 0.3) is 0 Å². The smallest absolute Gasteiger partial charge is 0.199 e. The van der Waals surface area contributed by atoms with Crippen LogP contribution in [0.15, 0.2) is 22.7 Å². The zero-order chi connectivity index (χ0) is 16.7. The fourth-order valence-electron chi connectivity index (χ4n) is 2.17. The molecule has 2 rings (SSSR count). The fourth-order valence-corrected chi connectivity index (χ4v) is 3.40. The lowest BCUT2D eigenvalue weighted by molar-refractivity contribution is -0.105. The van der Waals surface area contributed by atoms with Gasteiger partial charge in [0.05, 0.1) is 11.1 Å². The number of hydrogen-bond acceptors (Lipinski definition) is 4. The average Bonchev–Trinajstić information content (AvgIpc) is 2.49. The molecule has 1 aromatic rings. The van der Waals surface area contributed by atoms with Crippen molar-refractivity contribution < 1.29 is 18.9 Å². The normalized spacial score (nSPS) is 18.7. The highest BCUT2D eigenvalue weighted by atomic mass is 79.9. The van der Waals surface area contributed by atoms with E-state index < -0.39 is 8.07 Å². The zero-order valence-electron chi connectivity index (χ0n) is 14.3. The Balaban J connectivity index is 1.75. The van der Waals surface area contributed by atoms with Gasteiger partial charge in [-0.2, -0.15) is 0 Å². The van der Waals surface area contributed by atoms with Gasteiger partial charge in [0.25, 0.3) is 0 Å². The van der Waals surface area contributed by atoms with Gasteiger partial charge in [0.15, 0.2) is 13.1 Å². The van der Waals surface area contributed by atoms with Gasteiger partial charge >= 0.3 is 0 Å². The Morgan fingerprint density at radius 3 is 2.74 bits per heavy atom. The highest BCUT2D eigenvalue weighted by Crippen LogP contribution is 2.30. The maximum absolute atomic E-state index is 5.84. The number of halogens is 1. The van der Waals surface area contributed by atoms with Gasteiger partial charge < -0.3 is 18.9 Å². The quantitative estimate of drug-likeness (QED) is 0.346. The summed E-state index contributed by atoms with van der Waals surface area (Å²) in [5.41, 5.74) is 0. The fraction of sp³-hybridized carbons (Fsp3) is 0.647. The predicted octanol–water partition coefficient (Wildman–Crippen LogP) is 5.05. The maximum atomic E-state index is 5.84. The Labute approximate surface area is 148 Å². The van der Waals surface area contributed by atoms with Crippen LogP contribution in [0.4, 0.5) is 0 Å². The van der Waals surface area contributed by atoms with Gasteiger partial charge in [-0.25, -0.2) is 0 Å². The molecule has 23 heavy (non-hydrogen) atoms. The Bertz CT molecular complexity index is 484. The van der Waals surface area contributed by atoms with Gasteiger partial charge in [-0.1, -0.05) is 19.6 Å². The summed E-state index contributed by atoms with van der Waals surface area (Å²) in [6.07, 6.45) is 3.09. The minimum absolute atomic E-state index is 0.132. The van der Waals surface area contributed by atoms with Gasteiger partial charge in [0, 0.05) is 21.1 Å². The minimum atomic E-state index is -1.04. The molecule has 0 N–H and O–H groups in total. The molecule has 0 radical (unpaired) electrons. The van der Waals surface area contributed by atoms with Gasteiger partial charge in [-0.15, -0.1) is 0 Å². The molecule has 6 heteroatoms. The molecule has 0 saturated carbocycles. The second-order valence-electron chi connectivity index (χ2n) is 6.99. The van der Waals surface area contributed by atoms with Crippen LogP contribution < -0.4 is 9.47 Å². The van der Waals surface area contributed by atoms with E-state index in [0.717, 1.165) is 54.5 Å². The van der Waals surface area contributed by atoms with Gasteiger partial charge in [-0.05, 0) is 53.0 Å². The first kappa shape index (κ1) is 18.8. The third-order valence-electron chi connectivity index (χ3n) is 3.60. The molecule has 1 aromatic carbocycles. The lowest BCUT2D eigenvalue weighted by Gasteiger charge is -2.23. The Morgan fingerprint density at radius 2 is 2.09 bits per heavy atom. The summed E-state index contributed by atoms with van der Waals surface area (Å²) in [7, 11) is -1.04. The van der Waals surface area contributed by atoms with E-state index in [-0.39, 0.29) is 13.1 Å². The van der Waals surface area contributed by atoms with E-state index in [0.29, 0.717) is 0 Å². The van der Waals surface area contributed by atoms with Crippen LogP contribution >= 0.6 is 15.9 Å². The van der Waals surface area contributed by atoms with Crippen molar-refractivity contribution in [3.05, 3.63) is 22.7 Å². The topological polar surface area (TPSA) is 36.9 Å². The van der Waals surface area contributed by atoms with E-state index in [9.17, 15) is 0 Å². The van der Waals surface area contributed by atoms with Crippen molar-refractivity contribution in [3.63, 3.8) is 0 Å².